The second-order valence-corrected chi connectivity index (χ2v) is 6.59. The summed E-state index contributed by atoms with van der Waals surface area (Å²) in [5, 5.41) is 2.80. The van der Waals surface area contributed by atoms with E-state index in [1.807, 2.05) is 0 Å². The van der Waals surface area contributed by atoms with E-state index in [9.17, 15) is 9.59 Å². The molecule has 0 heterocycles. The van der Waals surface area contributed by atoms with Gasteiger partial charge in [-0.25, -0.2) is 4.79 Å². The maximum Gasteiger partial charge on any atom is 0.337 e. The standard InChI is InChI=1S/C19H21NO3S/c1-13-7-14(2)9-15(8-13)11-24-12-18(21)20-17-6-4-5-16(10-17)19(22)23-3/h4-10H,11-12H2,1-3H3,(H,20,21). The van der Waals surface area contributed by atoms with E-state index in [4.69, 9.17) is 0 Å². The summed E-state index contributed by atoms with van der Waals surface area (Å²) in [5.74, 6) is 0.634. The number of amides is 1. The van der Waals surface area contributed by atoms with E-state index in [1.165, 1.54) is 23.8 Å². The van der Waals surface area contributed by atoms with Crippen LogP contribution < -0.4 is 5.32 Å². The van der Waals surface area contributed by atoms with Gasteiger partial charge in [0.05, 0.1) is 18.4 Å². The Morgan fingerprint density at radius 3 is 2.46 bits per heavy atom. The highest BCUT2D eigenvalue weighted by Crippen LogP contribution is 2.17. The first-order valence-corrected chi connectivity index (χ1v) is 8.76. The monoisotopic (exact) mass is 343 g/mol. The molecule has 1 amide bonds. The number of nitrogens with one attached hydrogen (secondary N) is 1. The minimum absolute atomic E-state index is 0.0913. The molecule has 1 N–H and O–H groups in total. The molecule has 0 aromatic heterocycles. The summed E-state index contributed by atoms with van der Waals surface area (Å²) >= 11 is 1.56. The number of esters is 1. The number of aryl methyl sites for hydroxylation is 2. The van der Waals surface area contributed by atoms with Crippen molar-refractivity contribution in [3.63, 3.8) is 0 Å². The molecule has 0 bridgehead atoms. The number of thioether (sulfide) groups is 1. The van der Waals surface area contributed by atoms with Gasteiger partial charge in [-0.05, 0) is 37.6 Å². The number of rotatable bonds is 6. The zero-order valence-electron chi connectivity index (χ0n) is 14.1. The molecule has 0 aliphatic rings. The van der Waals surface area contributed by atoms with Crippen LogP contribution in [-0.4, -0.2) is 24.7 Å². The van der Waals surface area contributed by atoms with Gasteiger partial charge in [0.25, 0.3) is 0 Å². The quantitative estimate of drug-likeness (QED) is 0.807. The number of carbonyl (C=O) groups is 2. The first-order chi connectivity index (χ1) is 11.5. The Morgan fingerprint density at radius 1 is 1.08 bits per heavy atom. The van der Waals surface area contributed by atoms with Crippen LogP contribution in [0.25, 0.3) is 0 Å². The first kappa shape index (κ1) is 18.1. The van der Waals surface area contributed by atoms with Crippen LogP contribution in [0.2, 0.25) is 0 Å². The maximum atomic E-state index is 12.0. The highest BCUT2D eigenvalue weighted by Gasteiger charge is 2.08. The molecule has 0 spiro atoms. The van der Waals surface area contributed by atoms with E-state index >= 15 is 0 Å². The Bertz CT molecular complexity index is 723. The van der Waals surface area contributed by atoms with Crippen molar-refractivity contribution in [3.8, 4) is 0 Å². The fourth-order valence-electron chi connectivity index (χ4n) is 2.45. The Hall–Kier alpha value is -2.27. The highest BCUT2D eigenvalue weighted by atomic mass is 32.2. The minimum Gasteiger partial charge on any atom is -0.465 e. The minimum atomic E-state index is -0.421. The molecule has 0 fully saturated rings. The largest absolute Gasteiger partial charge is 0.465 e. The Labute approximate surface area is 146 Å². The second kappa shape index (κ2) is 8.55. The molecule has 0 aliphatic carbocycles. The van der Waals surface area contributed by atoms with E-state index in [-0.39, 0.29) is 5.91 Å². The van der Waals surface area contributed by atoms with Crippen molar-refractivity contribution >= 4 is 29.3 Å². The van der Waals surface area contributed by atoms with Gasteiger partial charge >= 0.3 is 5.97 Å². The Kier molecular flexibility index (Phi) is 6.44. The molecule has 24 heavy (non-hydrogen) atoms. The number of anilines is 1. The van der Waals surface area contributed by atoms with Gasteiger partial charge < -0.3 is 10.1 Å². The fourth-order valence-corrected chi connectivity index (χ4v) is 3.21. The highest BCUT2D eigenvalue weighted by molar-refractivity contribution is 7.99. The molecule has 2 aromatic carbocycles. The number of benzene rings is 2. The fraction of sp³-hybridized carbons (Fsp3) is 0.263. The van der Waals surface area contributed by atoms with Crippen LogP contribution in [0.3, 0.4) is 0 Å². The molecule has 5 heteroatoms. The van der Waals surface area contributed by atoms with Crippen molar-refractivity contribution in [2.45, 2.75) is 19.6 Å². The number of hydrogen-bond acceptors (Lipinski definition) is 4. The maximum absolute atomic E-state index is 12.0. The number of hydrogen-bond donors (Lipinski definition) is 1. The van der Waals surface area contributed by atoms with Crippen LogP contribution >= 0.6 is 11.8 Å². The van der Waals surface area contributed by atoms with Crippen LogP contribution in [0.15, 0.2) is 42.5 Å². The van der Waals surface area contributed by atoms with E-state index < -0.39 is 5.97 Å². The molecular formula is C19H21NO3S. The van der Waals surface area contributed by atoms with Crippen LogP contribution in [0, 0.1) is 13.8 Å². The molecule has 0 aliphatic heterocycles. The summed E-state index contributed by atoms with van der Waals surface area (Å²) in [6, 6.07) is 13.1. The molecule has 0 atom stereocenters. The first-order valence-electron chi connectivity index (χ1n) is 7.61. The van der Waals surface area contributed by atoms with E-state index in [2.05, 4.69) is 42.1 Å². The number of carbonyl (C=O) groups excluding carboxylic acids is 2. The summed E-state index contributed by atoms with van der Waals surface area (Å²) in [7, 11) is 1.33. The summed E-state index contributed by atoms with van der Waals surface area (Å²) in [4.78, 5) is 23.5. The van der Waals surface area contributed by atoms with E-state index in [1.54, 1.807) is 36.0 Å². The van der Waals surface area contributed by atoms with Crippen molar-refractivity contribution in [1.29, 1.82) is 0 Å². The molecule has 2 rings (SSSR count). The zero-order chi connectivity index (χ0) is 17.5. The average molecular weight is 343 g/mol. The summed E-state index contributed by atoms with van der Waals surface area (Å²) < 4.78 is 4.67. The predicted molar refractivity (Wildman–Crippen MR) is 98.5 cm³/mol. The molecule has 0 saturated heterocycles. The zero-order valence-corrected chi connectivity index (χ0v) is 14.9. The van der Waals surface area contributed by atoms with Crippen molar-refractivity contribution in [2.75, 3.05) is 18.2 Å². The lowest BCUT2D eigenvalue weighted by Crippen LogP contribution is -2.14. The van der Waals surface area contributed by atoms with Gasteiger partial charge in [-0.15, -0.1) is 11.8 Å². The van der Waals surface area contributed by atoms with Crippen LogP contribution in [0.5, 0.6) is 0 Å². The second-order valence-electron chi connectivity index (χ2n) is 5.61. The molecule has 0 radical (unpaired) electrons. The lowest BCUT2D eigenvalue weighted by molar-refractivity contribution is -0.113. The average Bonchev–Trinajstić information content (AvgIpc) is 2.53. The molecule has 4 nitrogen and oxygen atoms in total. The molecule has 126 valence electrons. The SMILES string of the molecule is COC(=O)c1cccc(NC(=O)CSCc2cc(C)cc(C)c2)c1. The molecular weight excluding hydrogens is 322 g/mol. The van der Waals surface area contributed by atoms with Crippen LogP contribution in [0.1, 0.15) is 27.0 Å². The molecule has 0 unspecified atom stereocenters. The third-order valence-corrected chi connectivity index (χ3v) is 4.35. The molecule has 0 saturated carbocycles. The topological polar surface area (TPSA) is 55.4 Å². The van der Waals surface area contributed by atoms with Gasteiger partial charge in [-0.2, -0.15) is 0 Å². The normalized spacial score (nSPS) is 10.3. The van der Waals surface area contributed by atoms with Crippen LogP contribution in [-0.2, 0) is 15.3 Å². The van der Waals surface area contributed by atoms with Gasteiger partial charge in [0.1, 0.15) is 0 Å². The lowest BCUT2D eigenvalue weighted by atomic mass is 10.1. The predicted octanol–water partition coefficient (Wildman–Crippen LogP) is 3.96. The van der Waals surface area contributed by atoms with Gasteiger partial charge in [0.15, 0.2) is 0 Å². The molecule has 2 aromatic rings. The number of methoxy groups -OCH3 is 1. The van der Waals surface area contributed by atoms with E-state index in [0.717, 1.165) is 5.75 Å². The van der Waals surface area contributed by atoms with Crippen molar-refractivity contribution in [1.82, 2.24) is 0 Å². The lowest BCUT2D eigenvalue weighted by Gasteiger charge is -2.07. The van der Waals surface area contributed by atoms with Gasteiger partial charge in [-0.1, -0.05) is 35.4 Å². The van der Waals surface area contributed by atoms with Crippen molar-refractivity contribution in [3.05, 3.63) is 64.7 Å². The van der Waals surface area contributed by atoms with Gasteiger partial charge in [-0.3, -0.25) is 4.79 Å². The van der Waals surface area contributed by atoms with Crippen molar-refractivity contribution < 1.29 is 14.3 Å². The number of ether oxygens (including phenoxy) is 1. The summed E-state index contributed by atoms with van der Waals surface area (Å²) in [5.41, 5.74) is 4.69. The Balaban J connectivity index is 1.86. The smallest absolute Gasteiger partial charge is 0.337 e. The third kappa shape index (κ3) is 5.42. The van der Waals surface area contributed by atoms with E-state index in [0.29, 0.717) is 17.0 Å². The van der Waals surface area contributed by atoms with Gasteiger partial charge in [0, 0.05) is 11.4 Å². The summed E-state index contributed by atoms with van der Waals surface area (Å²) in [6.45, 7) is 4.14. The summed E-state index contributed by atoms with van der Waals surface area (Å²) in [6.07, 6.45) is 0. The Morgan fingerprint density at radius 2 is 1.79 bits per heavy atom. The third-order valence-electron chi connectivity index (χ3n) is 3.35. The van der Waals surface area contributed by atoms with Crippen molar-refractivity contribution in [2.24, 2.45) is 0 Å². The van der Waals surface area contributed by atoms with Crippen LogP contribution in [0.4, 0.5) is 5.69 Å². The van der Waals surface area contributed by atoms with Gasteiger partial charge in [0.2, 0.25) is 5.91 Å².